The van der Waals surface area contributed by atoms with Gasteiger partial charge in [0.05, 0.1) is 0 Å². The smallest absolute Gasteiger partial charge is 0.226 e. The lowest BCUT2D eigenvalue weighted by Crippen LogP contribution is -2.12. The summed E-state index contributed by atoms with van der Waals surface area (Å²) in [5, 5.41) is 12.4. The van der Waals surface area contributed by atoms with E-state index in [0.29, 0.717) is 28.0 Å². The minimum Gasteiger partial charge on any atom is -0.300 e. The number of hydrogen-bond acceptors (Lipinski definition) is 5. The highest BCUT2D eigenvalue weighted by atomic mass is 35.5. The molecule has 1 amide bonds. The molecule has 0 aliphatic carbocycles. The summed E-state index contributed by atoms with van der Waals surface area (Å²) in [6, 6.07) is 5.32. The van der Waals surface area contributed by atoms with Crippen LogP contribution in [0.25, 0.3) is 0 Å². The molecule has 2 rings (SSSR count). The quantitative estimate of drug-likeness (QED) is 0.551. The van der Waals surface area contributed by atoms with Gasteiger partial charge in [-0.25, -0.2) is 0 Å². The minimum absolute atomic E-state index is 0.126. The largest absolute Gasteiger partial charge is 0.300 e. The van der Waals surface area contributed by atoms with Gasteiger partial charge in [-0.3, -0.25) is 4.79 Å². The Morgan fingerprint density at radius 2 is 2.05 bits per heavy atom. The molecule has 1 aromatic heterocycles. The first kappa shape index (κ1) is 17.5. The van der Waals surface area contributed by atoms with Gasteiger partial charge >= 0.3 is 0 Å². The van der Waals surface area contributed by atoms with E-state index in [1.165, 1.54) is 11.3 Å². The molecule has 22 heavy (non-hydrogen) atoms. The molecule has 0 unspecified atom stereocenters. The number of carbonyl (C=O) groups excluding carboxylic acids is 1. The van der Waals surface area contributed by atoms with Crippen molar-refractivity contribution in [1.29, 1.82) is 0 Å². The molecule has 8 heteroatoms. The second-order valence-corrected chi connectivity index (χ2v) is 7.60. The third-order valence-electron chi connectivity index (χ3n) is 2.75. The third kappa shape index (κ3) is 5.12. The van der Waals surface area contributed by atoms with Gasteiger partial charge in [-0.15, -0.1) is 10.2 Å². The number of benzene rings is 1. The summed E-state index contributed by atoms with van der Waals surface area (Å²) in [5.74, 6) is 0.868. The topological polar surface area (TPSA) is 54.9 Å². The standard InChI is InChI=1S/C14H15Cl2N3OS2/c1-2-8-21-14-19-18-13(22-14)17-12(20)7-6-9-10(15)4-3-5-11(9)16/h3-5H,2,6-8H2,1H3,(H,17,18,20). The van der Waals surface area contributed by atoms with Gasteiger partial charge in [0.25, 0.3) is 0 Å². The number of nitrogens with one attached hydrogen (secondary N) is 1. The maximum atomic E-state index is 12.0. The van der Waals surface area contributed by atoms with Crippen molar-refractivity contribution in [2.45, 2.75) is 30.5 Å². The molecule has 0 saturated carbocycles. The maximum Gasteiger partial charge on any atom is 0.226 e. The van der Waals surface area contributed by atoms with Gasteiger partial charge in [0.1, 0.15) is 0 Å². The average Bonchev–Trinajstić information content (AvgIpc) is 2.92. The Kier molecular flexibility index (Phi) is 6.95. The van der Waals surface area contributed by atoms with Crippen LogP contribution in [0.3, 0.4) is 0 Å². The molecule has 0 saturated heterocycles. The van der Waals surface area contributed by atoms with E-state index >= 15 is 0 Å². The average molecular weight is 376 g/mol. The van der Waals surface area contributed by atoms with Crippen molar-refractivity contribution < 1.29 is 4.79 Å². The van der Waals surface area contributed by atoms with Crippen molar-refractivity contribution in [1.82, 2.24) is 10.2 Å². The Hall–Kier alpha value is -0.820. The second-order valence-electron chi connectivity index (χ2n) is 4.47. The van der Waals surface area contributed by atoms with Crippen molar-refractivity contribution in [3.63, 3.8) is 0 Å². The summed E-state index contributed by atoms with van der Waals surface area (Å²) < 4.78 is 0.867. The lowest BCUT2D eigenvalue weighted by molar-refractivity contribution is -0.116. The first-order chi connectivity index (χ1) is 10.6. The Morgan fingerprint density at radius 1 is 1.32 bits per heavy atom. The van der Waals surface area contributed by atoms with Crippen molar-refractivity contribution in [2.24, 2.45) is 0 Å². The van der Waals surface area contributed by atoms with Gasteiger partial charge in [0, 0.05) is 22.2 Å². The fourth-order valence-corrected chi connectivity index (χ4v) is 3.98. The molecule has 0 spiro atoms. The van der Waals surface area contributed by atoms with Gasteiger partial charge in [-0.2, -0.15) is 0 Å². The zero-order valence-corrected chi connectivity index (χ0v) is 15.1. The molecule has 2 aromatic rings. The Balaban J connectivity index is 1.86. The van der Waals surface area contributed by atoms with E-state index in [9.17, 15) is 4.79 Å². The third-order valence-corrected chi connectivity index (χ3v) is 5.63. The molecule has 1 aromatic carbocycles. The van der Waals surface area contributed by atoms with Crippen molar-refractivity contribution in [3.05, 3.63) is 33.8 Å². The van der Waals surface area contributed by atoms with Crippen LogP contribution >= 0.6 is 46.3 Å². The van der Waals surface area contributed by atoms with Crippen LogP contribution in [0.5, 0.6) is 0 Å². The van der Waals surface area contributed by atoms with Crippen LogP contribution in [0.2, 0.25) is 10.0 Å². The van der Waals surface area contributed by atoms with Gasteiger partial charge < -0.3 is 5.32 Å². The van der Waals surface area contributed by atoms with E-state index in [1.807, 2.05) is 0 Å². The molecule has 1 heterocycles. The number of anilines is 1. The van der Waals surface area contributed by atoms with Gasteiger partial charge in [-0.1, -0.05) is 59.3 Å². The van der Waals surface area contributed by atoms with E-state index < -0.39 is 0 Å². The Morgan fingerprint density at radius 3 is 2.73 bits per heavy atom. The predicted molar refractivity (Wildman–Crippen MR) is 94.3 cm³/mol. The Labute approximate surface area is 147 Å². The van der Waals surface area contributed by atoms with E-state index in [4.69, 9.17) is 23.2 Å². The fraction of sp³-hybridized carbons (Fsp3) is 0.357. The minimum atomic E-state index is -0.126. The molecule has 1 N–H and O–H groups in total. The second kappa shape index (κ2) is 8.72. The summed E-state index contributed by atoms with van der Waals surface area (Å²) in [6.07, 6.45) is 1.85. The van der Waals surface area contributed by atoms with Crippen LogP contribution in [0.15, 0.2) is 22.5 Å². The molecule has 0 radical (unpaired) electrons. The lowest BCUT2D eigenvalue weighted by Gasteiger charge is -2.06. The molecular formula is C14H15Cl2N3OS2. The number of rotatable bonds is 7. The number of carbonyl (C=O) groups is 1. The monoisotopic (exact) mass is 375 g/mol. The van der Waals surface area contributed by atoms with Crippen LogP contribution < -0.4 is 5.32 Å². The highest BCUT2D eigenvalue weighted by molar-refractivity contribution is 8.01. The van der Waals surface area contributed by atoms with Crippen molar-refractivity contribution in [2.75, 3.05) is 11.1 Å². The maximum absolute atomic E-state index is 12.0. The van der Waals surface area contributed by atoms with Crippen molar-refractivity contribution >= 4 is 57.3 Å². The van der Waals surface area contributed by atoms with E-state index in [2.05, 4.69) is 22.4 Å². The summed E-state index contributed by atoms with van der Waals surface area (Å²) in [7, 11) is 0. The number of hydrogen-bond donors (Lipinski definition) is 1. The predicted octanol–water partition coefficient (Wildman–Crippen LogP) is 4.92. The molecule has 0 bridgehead atoms. The highest BCUT2D eigenvalue weighted by Crippen LogP contribution is 2.27. The molecule has 0 aliphatic heterocycles. The number of halogens is 2. The summed E-state index contributed by atoms with van der Waals surface area (Å²) in [5.41, 5.74) is 0.789. The van der Waals surface area contributed by atoms with E-state index in [1.54, 1.807) is 30.0 Å². The Bertz CT molecular complexity index is 629. The lowest BCUT2D eigenvalue weighted by atomic mass is 10.1. The molecule has 118 valence electrons. The normalized spacial score (nSPS) is 10.7. The number of nitrogens with zero attached hydrogens (tertiary/aromatic N) is 2. The number of amides is 1. The first-order valence-corrected chi connectivity index (χ1v) is 9.35. The van der Waals surface area contributed by atoms with Crippen LogP contribution in [-0.4, -0.2) is 21.9 Å². The zero-order chi connectivity index (χ0) is 15.9. The van der Waals surface area contributed by atoms with Crippen molar-refractivity contribution in [3.8, 4) is 0 Å². The van der Waals surface area contributed by atoms with Gasteiger partial charge in [0.15, 0.2) is 4.34 Å². The summed E-state index contributed by atoms with van der Waals surface area (Å²) in [4.78, 5) is 12.0. The molecule has 4 nitrogen and oxygen atoms in total. The summed E-state index contributed by atoms with van der Waals surface area (Å²) in [6.45, 7) is 2.11. The zero-order valence-electron chi connectivity index (χ0n) is 11.9. The molecule has 0 fully saturated rings. The highest BCUT2D eigenvalue weighted by Gasteiger charge is 2.11. The SMILES string of the molecule is CCCSc1nnc(NC(=O)CCc2c(Cl)cccc2Cl)s1. The van der Waals surface area contributed by atoms with Crippen LogP contribution in [0.1, 0.15) is 25.3 Å². The van der Waals surface area contributed by atoms with E-state index in [0.717, 1.165) is 22.1 Å². The van der Waals surface area contributed by atoms with E-state index in [-0.39, 0.29) is 5.91 Å². The summed E-state index contributed by atoms with van der Waals surface area (Å²) >= 11 is 15.2. The molecule has 0 atom stereocenters. The van der Waals surface area contributed by atoms with Crippen LogP contribution in [0, 0.1) is 0 Å². The fourth-order valence-electron chi connectivity index (χ4n) is 1.70. The molecule has 0 aliphatic rings. The number of aromatic nitrogens is 2. The van der Waals surface area contributed by atoms with Gasteiger partial charge in [-0.05, 0) is 30.5 Å². The van der Waals surface area contributed by atoms with Crippen LogP contribution in [0.4, 0.5) is 5.13 Å². The van der Waals surface area contributed by atoms with Gasteiger partial charge in [0.2, 0.25) is 11.0 Å². The van der Waals surface area contributed by atoms with Crippen LogP contribution in [-0.2, 0) is 11.2 Å². The first-order valence-electron chi connectivity index (χ1n) is 6.79. The molecular weight excluding hydrogens is 361 g/mol. The number of thioether (sulfide) groups is 1.